The lowest BCUT2D eigenvalue weighted by Gasteiger charge is -2.06. The molecule has 16 heavy (non-hydrogen) atoms. The lowest BCUT2D eigenvalue weighted by molar-refractivity contribution is -0.388. The summed E-state index contributed by atoms with van der Waals surface area (Å²) in [5.41, 5.74) is 0.464. The number of hydrogen-bond donors (Lipinski definition) is 2. The molecule has 0 spiro atoms. The highest BCUT2D eigenvalue weighted by molar-refractivity contribution is 5.56. The molecule has 1 heterocycles. The van der Waals surface area contributed by atoms with Gasteiger partial charge in [-0.3, -0.25) is 0 Å². The largest absolute Gasteiger partial charge is 0.386 e. The molecule has 0 saturated carbocycles. The predicted octanol–water partition coefficient (Wildman–Crippen LogP) is 1.40. The van der Waals surface area contributed by atoms with Gasteiger partial charge in [0.25, 0.3) is 0 Å². The Labute approximate surface area is 94.2 Å². The number of rotatable bonds is 7. The molecule has 0 radical (unpaired) electrons. The second kappa shape index (κ2) is 6.73. The summed E-state index contributed by atoms with van der Waals surface area (Å²) in [6.07, 6.45) is 2.49. The summed E-state index contributed by atoms with van der Waals surface area (Å²) in [6.45, 7) is 4.47. The quantitative estimate of drug-likeness (QED) is 0.415. The van der Waals surface area contributed by atoms with Crippen LogP contribution >= 0.6 is 0 Å². The summed E-state index contributed by atoms with van der Waals surface area (Å²) >= 11 is 0. The molecule has 2 N–H and O–H groups in total. The van der Waals surface area contributed by atoms with Crippen LogP contribution in [0.3, 0.4) is 0 Å². The van der Waals surface area contributed by atoms with Crippen molar-refractivity contribution in [1.82, 2.24) is 10.3 Å². The van der Waals surface area contributed by atoms with E-state index in [-0.39, 0.29) is 5.82 Å². The van der Waals surface area contributed by atoms with Crippen molar-refractivity contribution in [3.63, 3.8) is 0 Å². The summed E-state index contributed by atoms with van der Waals surface area (Å²) in [4.78, 5) is 13.9. The van der Waals surface area contributed by atoms with E-state index in [1.807, 2.05) is 0 Å². The first-order valence-corrected chi connectivity index (χ1v) is 5.29. The third-order valence-electron chi connectivity index (χ3n) is 2.00. The smallest absolute Gasteiger partial charge is 0.377 e. The molecular weight excluding hydrogens is 208 g/mol. The van der Waals surface area contributed by atoms with Gasteiger partial charge in [0.05, 0.1) is 0 Å². The van der Waals surface area contributed by atoms with Gasteiger partial charge in [0.1, 0.15) is 11.9 Å². The molecule has 1 rings (SSSR count). The molecule has 0 aromatic carbocycles. The van der Waals surface area contributed by atoms with Gasteiger partial charge in [0, 0.05) is 13.1 Å². The first kappa shape index (κ1) is 12.4. The topological polar surface area (TPSA) is 80.1 Å². The van der Waals surface area contributed by atoms with E-state index in [1.54, 1.807) is 12.1 Å². The number of nitro groups is 1. The molecule has 0 atom stereocenters. The number of anilines is 1. The molecule has 0 aliphatic carbocycles. The Bertz CT molecular complexity index is 343. The van der Waals surface area contributed by atoms with Crippen LogP contribution in [0.1, 0.15) is 13.3 Å². The second-order valence-corrected chi connectivity index (χ2v) is 3.31. The Balaban J connectivity index is 2.44. The molecule has 0 unspecified atom stereocenters. The third kappa shape index (κ3) is 3.82. The lowest BCUT2D eigenvalue weighted by atomic mass is 10.4. The minimum Gasteiger partial charge on any atom is -0.377 e. The third-order valence-corrected chi connectivity index (χ3v) is 2.00. The standard InChI is InChI=1S/C10H16N4O2/c1-2-5-11-7-8-12-9-4-3-6-13-10(9)14(15)16/h3-4,6,11-12H,2,5,7-8H2,1H3. The Morgan fingerprint density at radius 3 is 2.94 bits per heavy atom. The van der Waals surface area contributed by atoms with E-state index in [4.69, 9.17) is 0 Å². The maximum Gasteiger partial charge on any atom is 0.386 e. The maximum absolute atomic E-state index is 10.6. The minimum absolute atomic E-state index is 0.127. The predicted molar refractivity (Wildman–Crippen MR) is 62.5 cm³/mol. The molecule has 0 saturated heterocycles. The molecular formula is C10H16N4O2. The summed E-state index contributed by atoms with van der Waals surface area (Å²) in [5.74, 6) is -0.127. The molecule has 1 aromatic heterocycles. The summed E-state index contributed by atoms with van der Waals surface area (Å²) in [5, 5.41) is 16.8. The van der Waals surface area contributed by atoms with Gasteiger partial charge >= 0.3 is 5.82 Å². The number of aromatic nitrogens is 1. The molecule has 6 heteroatoms. The molecule has 0 aliphatic rings. The van der Waals surface area contributed by atoms with Crippen LogP contribution in [0.5, 0.6) is 0 Å². The van der Waals surface area contributed by atoms with Crippen molar-refractivity contribution in [2.75, 3.05) is 25.0 Å². The van der Waals surface area contributed by atoms with E-state index >= 15 is 0 Å². The highest BCUT2D eigenvalue weighted by Crippen LogP contribution is 2.19. The van der Waals surface area contributed by atoms with Gasteiger partial charge < -0.3 is 20.7 Å². The Hall–Kier alpha value is -1.69. The monoisotopic (exact) mass is 224 g/mol. The molecule has 1 aromatic rings. The highest BCUT2D eigenvalue weighted by atomic mass is 16.6. The van der Waals surface area contributed by atoms with E-state index in [0.717, 1.165) is 19.5 Å². The van der Waals surface area contributed by atoms with E-state index in [1.165, 1.54) is 6.20 Å². The van der Waals surface area contributed by atoms with Gasteiger partial charge in [-0.25, -0.2) is 0 Å². The molecule has 88 valence electrons. The van der Waals surface area contributed by atoms with Crippen LogP contribution in [-0.2, 0) is 0 Å². The SMILES string of the molecule is CCCNCCNc1cccnc1[N+](=O)[O-]. The fourth-order valence-electron chi connectivity index (χ4n) is 1.27. The maximum atomic E-state index is 10.6. The van der Waals surface area contributed by atoms with Crippen molar-refractivity contribution in [1.29, 1.82) is 0 Å². The molecule has 6 nitrogen and oxygen atoms in total. The van der Waals surface area contributed by atoms with E-state index < -0.39 is 4.92 Å². The highest BCUT2D eigenvalue weighted by Gasteiger charge is 2.12. The van der Waals surface area contributed by atoms with E-state index in [9.17, 15) is 10.1 Å². The average Bonchev–Trinajstić information content (AvgIpc) is 2.29. The Morgan fingerprint density at radius 1 is 1.44 bits per heavy atom. The van der Waals surface area contributed by atoms with Gasteiger partial charge in [-0.2, -0.15) is 0 Å². The number of hydrogen-bond acceptors (Lipinski definition) is 5. The molecule has 0 aliphatic heterocycles. The average molecular weight is 224 g/mol. The number of nitrogens with one attached hydrogen (secondary N) is 2. The first-order chi connectivity index (χ1) is 7.75. The summed E-state index contributed by atoms with van der Waals surface area (Å²) < 4.78 is 0. The van der Waals surface area contributed by atoms with Crippen molar-refractivity contribution in [2.24, 2.45) is 0 Å². The van der Waals surface area contributed by atoms with Gasteiger partial charge in [0.15, 0.2) is 0 Å². The minimum atomic E-state index is -0.484. The van der Waals surface area contributed by atoms with Crippen molar-refractivity contribution in [3.05, 3.63) is 28.4 Å². The summed E-state index contributed by atoms with van der Waals surface area (Å²) in [6, 6.07) is 3.33. The number of pyridine rings is 1. The Kier molecular flexibility index (Phi) is 5.21. The lowest BCUT2D eigenvalue weighted by Crippen LogP contribution is -2.23. The first-order valence-electron chi connectivity index (χ1n) is 5.29. The van der Waals surface area contributed by atoms with Crippen LogP contribution < -0.4 is 10.6 Å². The zero-order valence-electron chi connectivity index (χ0n) is 9.27. The molecule has 0 amide bonds. The van der Waals surface area contributed by atoms with Crippen LogP contribution in [0, 0.1) is 10.1 Å². The van der Waals surface area contributed by atoms with Crippen molar-refractivity contribution in [2.45, 2.75) is 13.3 Å². The van der Waals surface area contributed by atoms with Crippen LogP contribution in [0.2, 0.25) is 0 Å². The van der Waals surface area contributed by atoms with Gasteiger partial charge in [-0.1, -0.05) is 6.92 Å². The number of nitrogens with zero attached hydrogens (tertiary/aromatic N) is 2. The van der Waals surface area contributed by atoms with Gasteiger partial charge in [0.2, 0.25) is 0 Å². The Morgan fingerprint density at radius 2 is 2.25 bits per heavy atom. The molecule has 0 fully saturated rings. The van der Waals surface area contributed by atoms with Gasteiger partial charge in [-0.15, -0.1) is 0 Å². The molecule has 0 bridgehead atoms. The van der Waals surface area contributed by atoms with Crippen molar-refractivity contribution >= 4 is 11.5 Å². The van der Waals surface area contributed by atoms with E-state index in [2.05, 4.69) is 22.5 Å². The van der Waals surface area contributed by atoms with E-state index in [0.29, 0.717) is 12.2 Å². The van der Waals surface area contributed by atoms with Crippen LogP contribution in [0.15, 0.2) is 18.3 Å². The zero-order valence-corrected chi connectivity index (χ0v) is 9.27. The zero-order chi connectivity index (χ0) is 11.8. The van der Waals surface area contributed by atoms with Crippen LogP contribution in [0.4, 0.5) is 11.5 Å². The summed E-state index contributed by atoms with van der Waals surface area (Å²) in [7, 11) is 0. The van der Waals surface area contributed by atoms with Crippen molar-refractivity contribution < 1.29 is 4.92 Å². The van der Waals surface area contributed by atoms with Crippen LogP contribution in [-0.4, -0.2) is 29.5 Å². The fraction of sp³-hybridized carbons (Fsp3) is 0.500. The van der Waals surface area contributed by atoms with Crippen molar-refractivity contribution in [3.8, 4) is 0 Å². The second-order valence-electron chi connectivity index (χ2n) is 3.31. The van der Waals surface area contributed by atoms with Gasteiger partial charge in [-0.05, 0) is 35.0 Å². The normalized spacial score (nSPS) is 10.1. The fourth-order valence-corrected chi connectivity index (χ4v) is 1.27. The van der Waals surface area contributed by atoms with Crippen LogP contribution in [0.25, 0.3) is 0 Å².